The quantitative estimate of drug-likeness (QED) is 0.680. The van der Waals surface area contributed by atoms with Crippen molar-refractivity contribution in [3.05, 3.63) is 29.8 Å². The van der Waals surface area contributed by atoms with Crippen molar-refractivity contribution in [2.75, 3.05) is 19.7 Å². The molecule has 0 bridgehead atoms. The van der Waals surface area contributed by atoms with Crippen molar-refractivity contribution in [1.29, 1.82) is 5.26 Å². The lowest BCUT2D eigenvalue weighted by molar-refractivity contribution is 0.191. The summed E-state index contributed by atoms with van der Waals surface area (Å²) in [6.07, 6.45) is 3.84. The van der Waals surface area contributed by atoms with Crippen LogP contribution in [0, 0.1) is 17.2 Å². The van der Waals surface area contributed by atoms with Crippen LogP contribution < -0.4 is 4.74 Å². The van der Waals surface area contributed by atoms with Crippen LogP contribution in [0.3, 0.4) is 0 Å². The van der Waals surface area contributed by atoms with Gasteiger partial charge in [-0.2, -0.15) is 5.26 Å². The maximum atomic E-state index is 8.85. The molecule has 3 heteroatoms. The van der Waals surface area contributed by atoms with Crippen LogP contribution in [0.5, 0.6) is 5.75 Å². The summed E-state index contributed by atoms with van der Waals surface area (Å²) in [4.78, 5) is 2.55. The second-order valence-electron chi connectivity index (χ2n) is 5.87. The van der Waals surface area contributed by atoms with E-state index < -0.39 is 0 Å². The number of ether oxygens (including phenoxy) is 1. The zero-order valence-corrected chi connectivity index (χ0v) is 12.5. The highest BCUT2D eigenvalue weighted by Gasteiger charge is 2.25. The van der Waals surface area contributed by atoms with Crippen molar-refractivity contribution in [2.45, 2.75) is 39.2 Å². The van der Waals surface area contributed by atoms with Crippen LogP contribution in [0.15, 0.2) is 24.3 Å². The Morgan fingerprint density at radius 2 is 2.20 bits per heavy atom. The standard InChI is InChI=1S/C17H24N2O/c1-14(2)19(13-15-7-8-15)9-4-10-20-17-6-3-5-16(11-17)12-18/h3,5-6,11,14-15H,4,7-10,13H2,1-2H3. The van der Waals surface area contributed by atoms with Gasteiger partial charge in [0, 0.05) is 19.1 Å². The summed E-state index contributed by atoms with van der Waals surface area (Å²) in [5.74, 6) is 1.73. The average Bonchev–Trinajstić information content (AvgIpc) is 3.26. The molecule has 1 aromatic carbocycles. The van der Waals surface area contributed by atoms with E-state index in [4.69, 9.17) is 10.00 Å². The summed E-state index contributed by atoms with van der Waals surface area (Å²) < 4.78 is 5.72. The second-order valence-corrected chi connectivity index (χ2v) is 5.87. The molecule has 3 nitrogen and oxygen atoms in total. The van der Waals surface area contributed by atoms with E-state index in [0.29, 0.717) is 18.2 Å². The number of benzene rings is 1. The van der Waals surface area contributed by atoms with Crippen molar-refractivity contribution < 1.29 is 4.74 Å². The number of hydrogen-bond donors (Lipinski definition) is 0. The Kier molecular flexibility index (Phi) is 5.43. The van der Waals surface area contributed by atoms with Gasteiger partial charge in [-0.05, 0) is 57.2 Å². The van der Waals surface area contributed by atoms with E-state index in [2.05, 4.69) is 24.8 Å². The van der Waals surface area contributed by atoms with Gasteiger partial charge < -0.3 is 9.64 Å². The molecule has 0 saturated heterocycles. The van der Waals surface area contributed by atoms with E-state index in [1.54, 1.807) is 12.1 Å². The fourth-order valence-electron chi connectivity index (χ4n) is 2.31. The Hall–Kier alpha value is -1.53. The molecular formula is C17H24N2O. The first-order valence-corrected chi connectivity index (χ1v) is 7.56. The van der Waals surface area contributed by atoms with E-state index in [9.17, 15) is 0 Å². The molecule has 1 saturated carbocycles. The maximum Gasteiger partial charge on any atom is 0.120 e. The largest absolute Gasteiger partial charge is 0.494 e. The van der Waals surface area contributed by atoms with Gasteiger partial charge in [0.2, 0.25) is 0 Å². The Balaban J connectivity index is 1.70. The monoisotopic (exact) mass is 272 g/mol. The molecule has 0 N–H and O–H groups in total. The van der Waals surface area contributed by atoms with Gasteiger partial charge in [0.1, 0.15) is 5.75 Å². The SMILES string of the molecule is CC(C)N(CCCOc1cccc(C#N)c1)CC1CC1. The highest BCUT2D eigenvalue weighted by molar-refractivity contribution is 5.36. The molecule has 0 radical (unpaired) electrons. The highest BCUT2D eigenvalue weighted by Crippen LogP contribution is 2.30. The van der Waals surface area contributed by atoms with Crippen molar-refractivity contribution in [3.63, 3.8) is 0 Å². The van der Waals surface area contributed by atoms with Gasteiger partial charge in [-0.1, -0.05) is 6.07 Å². The van der Waals surface area contributed by atoms with Gasteiger partial charge in [0.15, 0.2) is 0 Å². The molecule has 1 fully saturated rings. The van der Waals surface area contributed by atoms with Crippen molar-refractivity contribution in [2.24, 2.45) is 5.92 Å². The number of nitriles is 1. The lowest BCUT2D eigenvalue weighted by Crippen LogP contribution is -2.34. The zero-order valence-electron chi connectivity index (χ0n) is 12.5. The highest BCUT2D eigenvalue weighted by atomic mass is 16.5. The molecule has 0 amide bonds. The van der Waals surface area contributed by atoms with Crippen LogP contribution in [0.25, 0.3) is 0 Å². The fraction of sp³-hybridized carbons (Fsp3) is 0.588. The Labute approximate surface area is 122 Å². The topological polar surface area (TPSA) is 36.3 Å². The van der Waals surface area contributed by atoms with Gasteiger partial charge in [-0.25, -0.2) is 0 Å². The summed E-state index contributed by atoms with van der Waals surface area (Å²) in [6, 6.07) is 10.1. The molecule has 1 aliphatic carbocycles. The number of nitrogens with zero attached hydrogens (tertiary/aromatic N) is 2. The number of hydrogen-bond acceptors (Lipinski definition) is 3. The zero-order chi connectivity index (χ0) is 14.4. The maximum absolute atomic E-state index is 8.85. The number of rotatable bonds is 8. The predicted octanol–water partition coefficient (Wildman–Crippen LogP) is 3.45. The molecule has 2 rings (SSSR count). The van der Waals surface area contributed by atoms with E-state index in [1.807, 2.05) is 12.1 Å². The molecule has 1 aromatic rings. The lowest BCUT2D eigenvalue weighted by Gasteiger charge is -2.26. The molecule has 0 unspecified atom stereocenters. The van der Waals surface area contributed by atoms with Gasteiger partial charge >= 0.3 is 0 Å². The molecule has 0 spiro atoms. The first kappa shape index (κ1) is 14.9. The van der Waals surface area contributed by atoms with Crippen LogP contribution in [0.1, 0.15) is 38.7 Å². The second kappa shape index (κ2) is 7.31. The molecule has 108 valence electrons. The molecule has 0 aromatic heterocycles. The fourth-order valence-corrected chi connectivity index (χ4v) is 2.31. The van der Waals surface area contributed by atoms with Crippen LogP contribution in [-0.4, -0.2) is 30.6 Å². The Morgan fingerprint density at radius 1 is 1.40 bits per heavy atom. The molecule has 1 aliphatic rings. The van der Waals surface area contributed by atoms with Crippen LogP contribution in [0.4, 0.5) is 0 Å². The third-order valence-corrected chi connectivity index (χ3v) is 3.74. The van der Waals surface area contributed by atoms with Gasteiger partial charge in [-0.3, -0.25) is 0 Å². The van der Waals surface area contributed by atoms with E-state index in [1.165, 1.54) is 19.4 Å². The molecular weight excluding hydrogens is 248 g/mol. The van der Waals surface area contributed by atoms with Crippen molar-refractivity contribution in [1.82, 2.24) is 4.90 Å². The van der Waals surface area contributed by atoms with Gasteiger partial charge in [0.25, 0.3) is 0 Å². The molecule has 0 heterocycles. The summed E-state index contributed by atoms with van der Waals surface area (Å²) >= 11 is 0. The minimum absolute atomic E-state index is 0.609. The first-order valence-electron chi connectivity index (χ1n) is 7.56. The molecule has 20 heavy (non-hydrogen) atoms. The van der Waals surface area contributed by atoms with Crippen LogP contribution in [0.2, 0.25) is 0 Å². The third-order valence-electron chi connectivity index (χ3n) is 3.74. The van der Waals surface area contributed by atoms with Crippen molar-refractivity contribution in [3.8, 4) is 11.8 Å². The Morgan fingerprint density at radius 3 is 2.85 bits per heavy atom. The predicted molar refractivity (Wildman–Crippen MR) is 80.7 cm³/mol. The summed E-state index contributed by atoms with van der Waals surface area (Å²) in [5, 5.41) is 8.85. The minimum Gasteiger partial charge on any atom is -0.494 e. The minimum atomic E-state index is 0.609. The third kappa shape index (κ3) is 4.86. The first-order chi connectivity index (χ1) is 9.69. The van der Waals surface area contributed by atoms with Crippen LogP contribution in [-0.2, 0) is 0 Å². The summed E-state index contributed by atoms with van der Waals surface area (Å²) in [7, 11) is 0. The van der Waals surface area contributed by atoms with Gasteiger partial charge in [-0.15, -0.1) is 0 Å². The summed E-state index contributed by atoms with van der Waals surface area (Å²) in [5.41, 5.74) is 0.653. The average molecular weight is 272 g/mol. The normalized spacial score (nSPS) is 14.6. The van der Waals surface area contributed by atoms with E-state index in [0.717, 1.165) is 24.6 Å². The van der Waals surface area contributed by atoms with Gasteiger partial charge in [0.05, 0.1) is 18.2 Å². The molecule has 0 atom stereocenters. The Bertz CT molecular complexity index is 460. The summed E-state index contributed by atoms with van der Waals surface area (Å²) in [6.45, 7) is 7.57. The molecule has 0 aliphatic heterocycles. The van der Waals surface area contributed by atoms with Crippen LogP contribution >= 0.6 is 0 Å². The van der Waals surface area contributed by atoms with Crippen molar-refractivity contribution >= 4 is 0 Å². The lowest BCUT2D eigenvalue weighted by atomic mass is 10.2. The van der Waals surface area contributed by atoms with E-state index in [-0.39, 0.29) is 0 Å². The smallest absolute Gasteiger partial charge is 0.120 e. The van der Waals surface area contributed by atoms with E-state index >= 15 is 0 Å².